The van der Waals surface area contributed by atoms with Crippen molar-refractivity contribution in [3.63, 3.8) is 0 Å². The lowest BCUT2D eigenvalue weighted by molar-refractivity contribution is -0.00986. The highest BCUT2D eigenvalue weighted by Crippen LogP contribution is 2.46. The molecule has 2 aromatic carbocycles. The lowest BCUT2D eigenvalue weighted by Gasteiger charge is -2.24. The average molecular weight is 434 g/mol. The highest BCUT2D eigenvalue weighted by atomic mass is 35.5. The van der Waals surface area contributed by atoms with E-state index in [9.17, 15) is 9.50 Å². The molecule has 0 bridgehead atoms. The van der Waals surface area contributed by atoms with Gasteiger partial charge in [0, 0.05) is 29.2 Å². The van der Waals surface area contributed by atoms with Crippen LogP contribution >= 0.6 is 11.6 Å². The van der Waals surface area contributed by atoms with Crippen molar-refractivity contribution in [2.45, 2.75) is 25.3 Å². The molecule has 7 nitrogen and oxygen atoms in total. The number of aromatic nitrogens is 3. The number of para-hydroxylation sites is 1. The van der Waals surface area contributed by atoms with Gasteiger partial charge in [0.05, 0.1) is 19.9 Å². The first-order valence-electron chi connectivity index (χ1n) is 9.40. The van der Waals surface area contributed by atoms with Gasteiger partial charge < -0.3 is 19.3 Å². The third-order valence-corrected chi connectivity index (χ3v) is 5.32. The van der Waals surface area contributed by atoms with Crippen molar-refractivity contribution < 1.29 is 23.7 Å². The van der Waals surface area contributed by atoms with Crippen molar-refractivity contribution in [3.05, 3.63) is 64.2 Å². The lowest BCUT2D eigenvalue weighted by Crippen LogP contribution is -2.14. The van der Waals surface area contributed by atoms with Gasteiger partial charge in [0.25, 0.3) is 0 Å². The fourth-order valence-corrected chi connectivity index (χ4v) is 3.98. The molecule has 4 rings (SSSR count). The minimum atomic E-state index is -0.798. The second kappa shape index (κ2) is 8.59. The minimum Gasteiger partial charge on any atom is -0.493 e. The molecule has 1 aliphatic heterocycles. The summed E-state index contributed by atoms with van der Waals surface area (Å²) in [6, 6.07) is 10.8. The molecule has 2 atom stereocenters. The Balaban J connectivity index is 1.99. The van der Waals surface area contributed by atoms with Gasteiger partial charge in [-0.1, -0.05) is 23.7 Å². The zero-order valence-electron chi connectivity index (χ0n) is 16.5. The fraction of sp³-hybridized carbons (Fsp3) is 0.333. The van der Waals surface area contributed by atoms with E-state index in [4.69, 9.17) is 25.8 Å². The van der Waals surface area contributed by atoms with Crippen LogP contribution in [0.1, 0.15) is 41.4 Å². The molecule has 158 valence electrons. The molecule has 0 saturated heterocycles. The largest absolute Gasteiger partial charge is 0.493 e. The van der Waals surface area contributed by atoms with Crippen LogP contribution in [-0.2, 0) is 11.4 Å². The first-order valence-corrected chi connectivity index (χ1v) is 9.77. The van der Waals surface area contributed by atoms with Crippen LogP contribution in [0.2, 0.25) is 5.02 Å². The Bertz CT molecular complexity index is 1060. The van der Waals surface area contributed by atoms with Crippen LogP contribution in [0.4, 0.5) is 4.39 Å². The number of nitrogens with zero attached hydrogens (tertiary/aromatic N) is 3. The van der Waals surface area contributed by atoms with Gasteiger partial charge in [0.2, 0.25) is 0 Å². The third kappa shape index (κ3) is 3.40. The summed E-state index contributed by atoms with van der Waals surface area (Å²) in [5, 5.41) is 18.3. The maximum Gasteiger partial charge on any atom is 0.169 e. The molecule has 3 aromatic rings. The van der Waals surface area contributed by atoms with E-state index in [1.165, 1.54) is 0 Å². The monoisotopic (exact) mass is 433 g/mol. The van der Waals surface area contributed by atoms with Crippen molar-refractivity contribution in [2.24, 2.45) is 0 Å². The Labute approximate surface area is 178 Å². The van der Waals surface area contributed by atoms with Crippen LogP contribution in [0.15, 0.2) is 36.4 Å². The van der Waals surface area contributed by atoms with Gasteiger partial charge in [-0.05, 0) is 24.3 Å². The summed E-state index contributed by atoms with van der Waals surface area (Å²) in [6.45, 7) is -0.935. The van der Waals surface area contributed by atoms with E-state index in [0.717, 1.165) is 0 Å². The standard InChI is InChI=1S/C21H21ClFN3O4/c1-28-16-5-3-4-13(20(16)29-2)19-14-10-12(22)6-7-15(14)26-18(11-23)24-25-21(26)17(30-19)8-9-27/h3-7,10,17,19,27H,8-9,11H2,1-2H3/t17-,19-/m1/s1. The van der Waals surface area contributed by atoms with E-state index >= 15 is 0 Å². The molecule has 0 radical (unpaired) electrons. The summed E-state index contributed by atoms with van der Waals surface area (Å²) in [4.78, 5) is 0. The van der Waals surface area contributed by atoms with Gasteiger partial charge in [-0.2, -0.15) is 0 Å². The van der Waals surface area contributed by atoms with Gasteiger partial charge in [-0.25, -0.2) is 4.39 Å². The zero-order chi connectivity index (χ0) is 21.3. The summed E-state index contributed by atoms with van der Waals surface area (Å²) in [5.74, 6) is 1.64. The number of aliphatic hydroxyl groups excluding tert-OH is 1. The predicted octanol–water partition coefficient (Wildman–Crippen LogP) is 3.95. The molecule has 0 amide bonds. The van der Waals surface area contributed by atoms with Crippen LogP contribution < -0.4 is 9.47 Å². The number of methoxy groups -OCH3 is 2. The molecular formula is C21H21ClFN3O4. The van der Waals surface area contributed by atoms with Gasteiger partial charge in [0.15, 0.2) is 23.1 Å². The summed E-state index contributed by atoms with van der Waals surface area (Å²) >= 11 is 6.32. The minimum absolute atomic E-state index is 0.137. The Morgan fingerprint density at radius 2 is 2.00 bits per heavy atom. The van der Waals surface area contributed by atoms with Crippen LogP contribution in [0.3, 0.4) is 0 Å². The summed E-state index contributed by atoms with van der Waals surface area (Å²) < 4.78 is 32.9. The number of halogens is 2. The third-order valence-electron chi connectivity index (χ3n) is 5.08. The SMILES string of the molecule is COc1cccc([C@H]2O[C@H](CCO)c3nnc(CF)n3-c3ccc(Cl)cc32)c1OC. The number of aliphatic hydroxyl groups is 1. The second-order valence-corrected chi connectivity index (χ2v) is 7.18. The van der Waals surface area contributed by atoms with Crippen molar-refractivity contribution >= 4 is 11.6 Å². The molecule has 0 fully saturated rings. The smallest absolute Gasteiger partial charge is 0.169 e. The molecule has 1 aliphatic rings. The molecule has 0 aliphatic carbocycles. The van der Waals surface area contributed by atoms with E-state index in [0.29, 0.717) is 39.2 Å². The van der Waals surface area contributed by atoms with Gasteiger partial charge in [-0.15, -0.1) is 10.2 Å². The number of alkyl halides is 1. The van der Waals surface area contributed by atoms with Crippen molar-refractivity contribution in [1.82, 2.24) is 14.8 Å². The van der Waals surface area contributed by atoms with Crippen LogP contribution in [0.5, 0.6) is 11.5 Å². The maximum atomic E-state index is 13.7. The summed E-state index contributed by atoms with van der Waals surface area (Å²) in [7, 11) is 3.11. The van der Waals surface area contributed by atoms with Crippen molar-refractivity contribution in [1.29, 1.82) is 0 Å². The topological polar surface area (TPSA) is 78.6 Å². The number of hydrogen-bond acceptors (Lipinski definition) is 6. The Morgan fingerprint density at radius 1 is 1.17 bits per heavy atom. The van der Waals surface area contributed by atoms with Crippen molar-refractivity contribution in [2.75, 3.05) is 20.8 Å². The van der Waals surface area contributed by atoms with E-state index in [1.807, 2.05) is 12.1 Å². The van der Waals surface area contributed by atoms with E-state index in [1.54, 1.807) is 43.1 Å². The Morgan fingerprint density at radius 3 is 2.70 bits per heavy atom. The van der Waals surface area contributed by atoms with E-state index in [-0.39, 0.29) is 18.9 Å². The molecule has 1 N–H and O–H groups in total. The fourth-order valence-electron chi connectivity index (χ4n) is 3.80. The lowest BCUT2D eigenvalue weighted by atomic mass is 9.98. The molecule has 0 saturated carbocycles. The Hall–Kier alpha value is -2.68. The Kier molecular flexibility index (Phi) is 5.90. The van der Waals surface area contributed by atoms with Gasteiger partial charge >= 0.3 is 0 Å². The normalized spacial score (nSPS) is 17.8. The van der Waals surface area contributed by atoms with E-state index in [2.05, 4.69) is 10.2 Å². The number of fused-ring (bicyclic) bond motifs is 3. The number of benzene rings is 2. The number of ether oxygens (including phenoxy) is 3. The molecule has 0 unspecified atom stereocenters. The summed E-state index contributed by atoms with van der Waals surface area (Å²) in [5.41, 5.74) is 2.07. The van der Waals surface area contributed by atoms with Gasteiger partial charge in [-0.3, -0.25) is 4.57 Å². The molecule has 1 aromatic heterocycles. The first kappa shape index (κ1) is 20.6. The molecule has 0 spiro atoms. The van der Waals surface area contributed by atoms with Crippen LogP contribution in [-0.4, -0.2) is 40.7 Å². The van der Waals surface area contributed by atoms with Gasteiger partial charge in [0.1, 0.15) is 18.9 Å². The van der Waals surface area contributed by atoms with E-state index < -0.39 is 18.9 Å². The predicted molar refractivity (Wildman–Crippen MR) is 108 cm³/mol. The summed E-state index contributed by atoms with van der Waals surface area (Å²) in [6.07, 6.45) is -1.00. The molecular weight excluding hydrogens is 413 g/mol. The number of hydrogen-bond donors (Lipinski definition) is 1. The molecule has 9 heteroatoms. The zero-order valence-corrected chi connectivity index (χ0v) is 17.3. The first-order chi connectivity index (χ1) is 14.6. The van der Waals surface area contributed by atoms with Crippen LogP contribution in [0.25, 0.3) is 5.69 Å². The average Bonchev–Trinajstić information content (AvgIpc) is 3.14. The molecule has 2 heterocycles. The quantitative estimate of drug-likeness (QED) is 0.634. The van der Waals surface area contributed by atoms with Crippen LogP contribution in [0, 0.1) is 0 Å². The van der Waals surface area contributed by atoms with Crippen molar-refractivity contribution in [3.8, 4) is 17.2 Å². The second-order valence-electron chi connectivity index (χ2n) is 6.75. The highest BCUT2D eigenvalue weighted by Gasteiger charge is 2.35. The molecule has 30 heavy (non-hydrogen) atoms. The maximum absolute atomic E-state index is 13.7. The highest BCUT2D eigenvalue weighted by molar-refractivity contribution is 6.30. The number of rotatable bonds is 6.